The number of aliphatic hydroxyl groups is 1. The topological polar surface area (TPSA) is 72.6 Å². The molecule has 1 aromatic carbocycles. The van der Waals surface area contributed by atoms with E-state index in [1.54, 1.807) is 0 Å². The van der Waals surface area contributed by atoms with Gasteiger partial charge in [-0.25, -0.2) is 0 Å². The standard InChI is InChI=1S/C9H10ClNO3/c1-14-9(13)6-4-5(8(11)12)2-3-7(6)10/h2-4,9,13H,1H3,(H2,11,12). The Kier molecular flexibility index (Phi) is 3.46. The second-order valence-electron chi connectivity index (χ2n) is 2.69. The Bertz CT molecular complexity index is 354. The third-order valence-corrected chi connectivity index (χ3v) is 2.11. The van der Waals surface area contributed by atoms with Crippen LogP contribution in [0.25, 0.3) is 0 Å². The molecular formula is C9H10ClNO3. The lowest BCUT2D eigenvalue weighted by atomic mass is 10.1. The minimum absolute atomic E-state index is 0.278. The Morgan fingerprint density at radius 2 is 2.29 bits per heavy atom. The van der Waals surface area contributed by atoms with Crippen molar-refractivity contribution in [1.82, 2.24) is 0 Å². The number of hydrogen-bond donors (Lipinski definition) is 2. The van der Waals surface area contributed by atoms with E-state index in [-0.39, 0.29) is 5.56 Å². The Balaban J connectivity index is 3.14. The first-order valence-electron chi connectivity index (χ1n) is 3.86. The number of benzene rings is 1. The maximum atomic E-state index is 10.8. The minimum atomic E-state index is -1.15. The molecule has 3 N–H and O–H groups in total. The maximum Gasteiger partial charge on any atom is 0.248 e. The van der Waals surface area contributed by atoms with Gasteiger partial charge in [0.2, 0.25) is 5.91 Å². The number of primary amides is 1. The molecule has 0 aliphatic heterocycles. The molecule has 0 bridgehead atoms. The van der Waals surface area contributed by atoms with Gasteiger partial charge in [-0.05, 0) is 18.2 Å². The van der Waals surface area contributed by atoms with Crippen molar-refractivity contribution in [2.45, 2.75) is 6.29 Å². The molecule has 0 spiro atoms. The summed E-state index contributed by atoms with van der Waals surface area (Å²) in [5, 5.41) is 9.68. The van der Waals surface area contributed by atoms with Gasteiger partial charge in [0.05, 0.1) is 0 Å². The highest BCUT2D eigenvalue weighted by atomic mass is 35.5. The normalized spacial score (nSPS) is 12.5. The molecule has 0 saturated heterocycles. The van der Waals surface area contributed by atoms with Crippen molar-refractivity contribution in [3.63, 3.8) is 0 Å². The maximum absolute atomic E-state index is 10.8. The number of carbonyl (C=O) groups is 1. The van der Waals surface area contributed by atoms with Crippen LogP contribution in [0, 0.1) is 0 Å². The summed E-state index contributed by atoms with van der Waals surface area (Å²) in [5.41, 5.74) is 5.67. The van der Waals surface area contributed by atoms with Crippen LogP contribution >= 0.6 is 11.6 Å². The molecule has 0 aliphatic rings. The second-order valence-corrected chi connectivity index (χ2v) is 3.10. The van der Waals surface area contributed by atoms with E-state index in [1.807, 2.05) is 0 Å². The summed E-state index contributed by atoms with van der Waals surface area (Å²) in [6, 6.07) is 4.37. The van der Waals surface area contributed by atoms with E-state index in [1.165, 1.54) is 25.3 Å². The molecule has 0 saturated carbocycles. The lowest BCUT2D eigenvalue weighted by Crippen LogP contribution is -2.12. The molecule has 1 rings (SSSR count). The predicted molar refractivity (Wildman–Crippen MR) is 51.9 cm³/mol. The summed E-state index contributed by atoms with van der Waals surface area (Å²) >= 11 is 5.78. The number of nitrogens with two attached hydrogens (primary N) is 1. The lowest BCUT2D eigenvalue weighted by Gasteiger charge is -2.11. The van der Waals surface area contributed by atoms with Crippen LogP contribution in [0.1, 0.15) is 22.2 Å². The van der Waals surface area contributed by atoms with Crippen molar-refractivity contribution in [2.24, 2.45) is 5.73 Å². The van der Waals surface area contributed by atoms with Gasteiger partial charge in [0, 0.05) is 23.3 Å². The average Bonchev–Trinajstić information content (AvgIpc) is 2.17. The Morgan fingerprint density at radius 1 is 1.64 bits per heavy atom. The zero-order valence-corrected chi connectivity index (χ0v) is 8.28. The summed E-state index contributed by atoms with van der Waals surface area (Å²) in [4.78, 5) is 10.8. The summed E-state index contributed by atoms with van der Waals surface area (Å²) in [7, 11) is 1.33. The predicted octanol–water partition coefficient (Wildman–Crippen LogP) is 1.08. The molecule has 0 aliphatic carbocycles. The third-order valence-electron chi connectivity index (χ3n) is 1.77. The van der Waals surface area contributed by atoms with Crippen LogP contribution < -0.4 is 5.73 Å². The number of amides is 1. The van der Waals surface area contributed by atoms with Crippen molar-refractivity contribution >= 4 is 17.5 Å². The first-order valence-corrected chi connectivity index (χ1v) is 4.24. The smallest absolute Gasteiger partial charge is 0.248 e. The van der Waals surface area contributed by atoms with Gasteiger partial charge in [0.15, 0.2) is 6.29 Å². The number of ether oxygens (including phenoxy) is 1. The SMILES string of the molecule is COC(O)c1cc(C(N)=O)ccc1Cl. The van der Waals surface area contributed by atoms with Crippen LogP contribution in [-0.4, -0.2) is 18.1 Å². The molecule has 0 aromatic heterocycles. The molecule has 5 heteroatoms. The van der Waals surface area contributed by atoms with E-state index in [9.17, 15) is 9.90 Å². The van der Waals surface area contributed by atoms with Gasteiger partial charge in [-0.1, -0.05) is 11.6 Å². The van der Waals surface area contributed by atoms with Crippen LogP contribution in [0.4, 0.5) is 0 Å². The highest BCUT2D eigenvalue weighted by Crippen LogP contribution is 2.24. The van der Waals surface area contributed by atoms with E-state index < -0.39 is 12.2 Å². The molecule has 1 unspecified atom stereocenters. The fourth-order valence-corrected chi connectivity index (χ4v) is 1.22. The van der Waals surface area contributed by atoms with E-state index in [0.717, 1.165) is 0 Å². The fraction of sp³-hybridized carbons (Fsp3) is 0.222. The highest BCUT2D eigenvalue weighted by molar-refractivity contribution is 6.31. The van der Waals surface area contributed by atoms with Gasteiger partial charge in [-0.3, -0.25) is 4.79 Å². The van der Waals surface area contributed by atoms with E-state index in [4.69, 9.17) is 17.3 Å². The molecule has 76 valence electrons. The Hall–Kier alpha value is -1.10. The Morgan fingerprint density at radius 3 is 2.79 bits per heavy atom. The molecule has 0 radical (unpaired) electrons. The number of hydrogen-bond acceptors (Lipinski definition) is 3. The summed E-state index contributed by atoms with van der Waals surface area (Å²) in [6.07, 6.45) is -1.15. The molecule has 1 aromatic rings. The molecule has 0 heterocycles. The quantitative estimate of drug-likeness (QED) is 0.741. The molecule has 4 nitrogen and oxygen atoms in total. The van der Waals surface area contributed by atoms with Gasteiger partial charge >= 0.3 is 0 Å². The summed E-state index contributed by atoms with van der Waals surface area (Å²) < 4.78 is 4.67. The first kappa shape index (κ1) is 11.0. The summed E-state index contributed by atoms with van der Waals surface area (Å²) in [5.74, 6) is -0.578. The van der Waals surface area contributed by atoms with Gasteiger partial charge < -0.3 is 15.6 Å². The number of rotatable bonds is 3. The van der Waals surface area contributed by atoms with E-state index in [0.29, 0.717) is 10.6 Å². The molecule has 0 fully saturated rings. The molecule has 14 heavy (non-hydrogen) atoms. The van der Waals surface area contributed by atoms with Crippen LogP contribution in [-0.2, 0) is 4.74 Å². The van der Waals surface area contributed by atoms with Crippen LogP contribution in [0.2, 0.25) is 5.02 Å². The van der Waals surface area contributed by atoms with Crippen molar-refractivity contribution in [3.05, 3.63) is 34.3 Å². The molecular weight excluding hydrogens is 206 g/mol. The van der Waals surface area contributed by atoms with E-state index in [2.05, 4.69) is 4.74 Å². The van der Waals surface area contributed by atoms with Crippen molar-refractivity contribution in [3.8, 4) is 0 Å². The van der Waals surface area contributed by atoms with Crippen LogP contribution in [0.5, 0.6) is 0 Å². The largest absolute Gasteiger partial charge is 0.366 e. The van der Waals surface area contributed by atoms with Crippen LogP contribution in [0.3, 0.4) is 0 Å². The molecule has 1 amide bonds. The zero-order chi connectivity index (χ0) is 10.7. The number of carbonyl (C=O) groups excluding carboxylic acids is 1. The van der Waals surface area contributed by atoms with Crippen molar-refractivity contribution in [2.75, 3.05) is 7.11 Å². The Labute approximate surface area is 86.2 Å². The van der Waals surface area contributed by atoms with Gasteiger partial charge in [0.1, 0.15) is 0 Å². The van der Waals surface area contributed by atoms with Crippen molar-refractivity contribution < 1.29 is 14.6 Å². The second kappa shape index (κ2) is 4.41. The fourth-order valence-electron chi connectivity index (χ4n) is 1.01. The lowest BCUT2D eigenvalue weighted by molar-refractivity contribution is -0.0768. The van der Waals surface area contributed by atoms with Crippen molar-refractivity contribution in [1.29, 1.82) is 0 Å². The van der Waals surface area contributed by atoms with Crippen LogP contribution in [0.15, 0.2) is 18.2 Å². The average molecular weight is 216 g/mol. The minimum Gasteiger partial charge on any atom is -0.366 e. The number of halogens is 1. The number of methoxy groups -OCH3 is 1. The first-order chi connectivity index (χ1) is 6.56. The van der Waals surface area contributed by atoms with Gasteiger partial charge in [-0.15, -0.1) is 0 Å². The van der Waals surface area contributed by atoms with E-state index >= 15 is 0 Å². The monoisotopic (exact) mass is 215 g/mol. The number of aliphatic hydroxyl groups excluding tert-OH is 1. The third kappa shape index (κ3) is 2.23. The summed E-state index contributed by atoms with van der Waals surface area (Å²) in [6.45, 7) is 0. The highest BCUT2D eigenvalue weighted by Gasteiger charge is 2.12. The zero-order valence-electron chi connectivity index (χ0n) is 7.53. The molecule has 1 atom stereocenters. The van der Waals surface area contributed by atoms with Gasteiger partial charge in [-0.2, -0.15) is 0 Å². The van der Waals surface area contributed by atoms with Gasteiger partial charge in [0.25, 0.3) is 0 Å².